The van der Waals surface area contributed by atoms with E-state index in [1.165, 1.54) is 16.7 Å². The number of hydrogen-bond acceptors (Lipinski definition) is 2. The van der Waals surface area contributed by atoms with Crippen molar-refractivity contribution >= 4 is 11.8 Å². The molecule has 0 spiro atoms. The number of carbonyl (C=O) groups is 2. The first-order chi connectivity index (χ1) is 10.3. The molecule has 0 heterocycles. The van der Waals surface area contributed by atoms with Gasteiger partial charge in [0, 0.05) is 6.42 Å². The standard InChI is InChI=1S/C19H30O3/c1-15(2)8-5-9-16(3)10-6-11-17(4)12-7-13-18(20)14-19(21)22/h8,10,12H,5-7,9,11,13-14H2,1-4H3,(H,21,22). The van der Waals surface area contributed by atoms with E-state index in [9.17, 15) is 9.59 Å². The lowest BCUT2D eigenvalue weighted by Gasteiger charge is -2.01. The molecule has 0 atom stereocenters. The smallest absolute Gasteiger partial charge is 0.310 e. The topological polar surface area (TPSA) is 54.4 Å². The third-order valence-corrected chi connectivity index (χ3v) is 3.39. The Morgan fingerprint density at radius 2 is 1.23 bits per heavy atom. The van der Waals surface area contributed by atoms with Crippen molar-refractivity contribution in [1.82, 2.24) is 0 Å². The first-order valence-electron chi connectivity index (χ1n) is 7.99. The van der Waals surface area contributed by atoms with Crippen LogP contribution < -0.4 is 0 Å². The third kappa shape index (κ3) is 13.3. The van der Waals surface area contributed by atoms with E-state index in [1.54, 1.807) is 0 Å². The van der Waals surface area contributed by atoms with Crippen LogP contribution in [0.25, 0.3) is 0 Å². The summed E-state index contributed by atoms with van der Waals surface area (Å²) in [5.41, 5.74) is 4.04. The molecule has 0 aromatic heterocycles. The number of Topliss-reactive ketones (excluding diaryl/α,β-unsaturated/α-hetero) is 1. The zero-order chi connectivity index (χ0) is 17.0. The summed E-state index contributed by atoms with van der Waals surface area (Å²) in [6.45, 7) is 8.47. The first-order valence-corrected chi connectivity index (χ1v) is 7.99. The molecule has 0 amide bonds. The minimum absolute atomic E-state index is 0.202. The van der Waals surface area contributed by atoms with Crippen LogP contribution in [0.15, 0.2) is 34.9 Å². The lowest BCUT2D eigenvalue weighted by molar-refractivity contribution is -0.140. The van der Waals surface area contributed by atoms with Gasteiger partial charge in [0.15, 0.2) is 0 Å². The van der Waals surface area contributed by atoms with Crippen LogP contribution in [0.5, 0.6) is 0 Å². The van der Waals surface area contributed by atoms with Gasteiger partial charge in [-0.25, -0.2) is 0 Å². The van der Waals surface area contributed by atoms with Crippen molar-refractivity contribution in [2.45, 2.75) is 72.6 Å². The summed E-state index contributed by atoms with van der Waals surface area (Å²) in [4.78, 5) is 21.6. The number of ketones is 1. The zero-order valence-electron chi connectivity index (χ0n) is 14.4. The Balaban J connectivity index is 3.94. The fraction of sp³-hybridized carbons (Fsp3) is 0.579. The maximum atomic E-state index is 11.3. The second-order valence-corrected chi connectivity index (χ2v) is 6.11. The van der Waals surface area contributed by atoms with E-state index in [4.69, 9.17) is 5.11 Å². The van der Waals surface area contributed by atoms with E-state index >= 15 is 0 Å². The predicted molar refractivity (Wildman–Crippen MR) is 91.9 cm³/mol. The van der Waals surface area contributed by atoms with Crippen molar-refractivity contribution in [2.75, 3.05) is 0 Å². The van der Waals surface area contributed by atoms with Crippen LogP contribution in [0.1, 0.15) is 72.6 Å². The monoisotopic (exact) mass is 306 g/mol. The average Bonchev–Trinajstić information content (AvgIpc) is 2.37. The van der Waals surface area contributed by atoms with E-state index in [2.05, 4.69) is 39.8 Å². The molecule has 0 aromatic carbocycles. The predicted octanol–water partition coefficient (Wildman–Crippen LogP) is 5.23. The van der Waals surface area contributed by atoms with Gasteiger partial charge in [0.2, 0.25) is 0 Å². The second-order valence-electron chi connectivity index (χ2n) is 6.11. The van der Waals surface area contributed by atoms with Crippen molar-refractivity contribution in [3.8, 4) is 0 Å². The Hall–Kier alpha value is -1.64. The van der Waals surface area contributed by atoms with Gasteiger partial charge in [-0.2, -0.15) is 0 Å². The van der Waals surface area contributed by atoms with Gasteiger partial charge in [-0.3, -0.25) is 9.59 Å². The van der Waals surface area contributed by atoms with E-state index in [1.807, 2.05) is 6.08 Å². The molecule has 0 saturated heterocycles. The molecule has 0 aliphatic heterocycles. The molecule has 0 aliphatic rings. The summed E-state index contributed by atoms with van der Waals surface area (Å²) in [5, 5.41) is 8.51. The summed E-state index contributed by atoms with van der Waals surface area (Å²) in [6, 6.07) is 0. The summed E-state index contributed by atoms with van der Waals surface area (Å²) in [6.07, 6.45) is 11.4. The summed E-state index contributed by atoms with van der Waals surface area (Å²) in [5.74, 6) is -1.24. The van der Waals surface area contributed by atoms with E-state index < -0.39 is 5.97 Å². The third-order valence-electron chi connectivity index (χ3n) is 3.39. The van der Waals surface area contributed by atoms with Gasteiger partial charge in [-0.1, -0.05) is 34.9 Å². The Morgan fingerprint density at radius 1 is 0.773 bits per heavy atom. The van der Waals surface area contributed by atoms with Crippen molar-refractivity contribution in [3.63, 3.8) is 0 Å². The van der Waals surface area contributed by atoms with E-state index in [0.29, 0.717) is 12.8 Å². The van der Waals surface area contributed by atoms with Gasteiger partial charge in [0.1, 0.15) is 12.2 Å². The lowest BCUT2D eigenvalue weighted by atomic mass is 10.0. The van der Waals surface area contributed by atoms with Gasteiger partial charge in [-0.05, 0) is 59.8 Å². The highest BCUT2D eigenvalue weighted by molar-refractivity contribution is 5.94. The molecule has 0 saturated carbocycles. The fourth-order valence-corrected chi connectivity index (χ4v) is 2.08. The van der Waals surface area contributed by atoms with Gasteiger partial charge in [0.05, 0.1) is 0 Å². The summed E-state index contributed by atoms with van der Waals surface area (Å²) < 4.78 is 0. The molecule has 1 N–H and O–H groups in total. The number of hydrogen-bond donors (Lipinski definition) is 1. The molecular weight excluding hydrogens is 276 g/mol. The minimum Gasteiger partial charge on any atom is -0.481 e. The highest BCUT2D eigenvalue weighted by atomic mass is 16.4. The molecule has 0 aliphatic carbocycles. The van der Waals surface area contributed by atoms with Gasteiger partial charge >= 0.3 is 5.97 Å². The van der Waals surface area contributed by atoms with Crippen LogP contribution in [-0.4, -0.2) is 16.9 Å². The van der Waals surface area contributed by atoms with Crippen molar-refractivity contribution in [2.24, 2.45) is 0 Å². The summed E-state index contributed by atoms with van der Waals surface area (Å²) >= 11 is 0. The van der Waals surface area contributed by atoms with Crippen LogP contribution in [0, 0.1) is 0 Å². The van der Waals surface area contributed by atoms with Crippen molar-refractivity contribution < 1.29 is 14.7 Å². The second kappa shape index (κ2) is 12.0. The van der Waals surface area contributed by atoms with Crippen LogP contribution in [0.4, 0.5) is 0 Å². The van der Waals surface area contributed by atoms with Crippen molar-refractivity contribution in [1.29, 1.82) is 0 Å². The molecule has 3 nitrogen and oxygen atoms in total. The molecule has 0 unspecified atom stereocenters. The maximum Gasteiger partial charge on any atom is 0.310 e. The molecule has 22 heavy (non-hydrogen) atoms. The first kappa shape index (κ1) is 20.4. The van der Waals surface area contributed by atoms with Crippen LogP contribution >= 0.6 is 0 Å². The van der Waals surface area contributed by atoms with Crippen molar-refractivity contribution in [3.05, 3.63) is 34.9 Å². The molecule has 0 aromatic rings. The molecule has 0 fully saturated rings. The number of rotatable bonds is 11. The number of allylic oxidation sites excluding steroid dienone is 6. The van der Waals surface area contributed by atoms with Crippen LogP contribution in [-0.2, 0) is 9.59 Å². The summed E-state index contributed by atoms with van der Waals surface area (Å²) in [7, 11) is 0. The Morgan fingerprint density at radius 3 is 1.68 bits per heavy atom. The fourth-order valence-electron chi connectivity index (χ4n) is 2.08. The SMILES string of the molecule is CC(C)=CCCC(C)=CCCC(C)=CCCC(=O)CC(=O)O. The highest BCUT2D eigenvalue weighted by Crippen LogP contribution is 2.12. The van der Waals surface area contributed by atoms with Gasteiger partial charge in [-0.15, -0.1) is 0 Å². The van der Waals surface area contributed by atoms with E-state index in [0.717, 1.165) is 25.7 Å². The number of carboxylic acids is 1. The molecule has 3 heteroatoms. The largest absolute Gasteiger partial charge is 0.481 e. The Labute approximate surface area is 134 Å². The highest BCUT2D eigenvalue weighted by Gasteiger charge is 2.06. The van der Waals surface area contributed by atoms with Crippen LogP contribution in [0.3, 0.4) is 0 Å². The van der Waals surface area contributed by atoms with Gasteiger partial charge < -0.3 is 5.11 Å². The minimum atomic E-state index is -1.04. The Bertz CT molecular complexity index is 449. The maximum absolute atomic E-state index is 11.3. The van der Waals surface area contributed by atoms with E-state index in [-0.39, 0.29) is 12.2 Å². The Kier molecular flexibility index (Phi) is 11.1. The number of carbonyl (C=O) groups excluding carboxylic acids is 1. The normalized spacial score (nSPS) is 12.2. The molecule has 0 rings (SSSR count). The lowest BCUT2D eigenvalue weighted by Crippen LogP contribution is -2.05. The number of aliphatic carboxylic acids is 1. The molecule has 124 valence electrons. The van der Waals surface area contributed by atoms with Gasteiger partial charge in [0.25, 0.3) is 0 Å². The molecule has 0 bridgehead atoms. The quantitative estimate of drug-likeness (QED) is 0.420. The van der Waals surface area contributed by atoms with Crippen LogP contribution in [0.2, 0.25) is 0 Å². The number of carboxylic acid groups (broad SMARTS) is 1. The average molecular weight is 306 g/mol. The molecular formula is C19H30O3. The molecule has 0 radical (unpaired) electrons. The zero-order valence-corrected chi connectivity index (χ0v) is 14.4.